The van der Waals surface area contributed by atoms with Gasteiger partial charge in [-0.15, -0.1) is 0 Å². The molecule has 0 aliphatic heterocycles. The van der Waals surface area contributed by atoms with Gasteiger partial charge in [-0.3, -0.25) is 10.1 Å². The van der Waals surface area contributed by atoms with Crippen molar-refractivity contribution in [3.8, 4) is 17.2 Å². The lowest BCUT2D eigenvalue weighted by Crippen LogP contribution is -2.04. The van der Waals surface area contributed by atoms with Gasteiger partial charge in [0.25, 0.3) is 0 Å². The second kappa shape index (κ2) is 4.97. The quantitative estimate of drug-likeness (QED) is 0.280. The number of nitrogens with zero attached hydrogens (tertiary/aromatic N) is 1. The van der Waals surface area contributed by atoms with Gasteiger partial charge in [0, 0.05) is 12.1 Å². The molecule has 17 heavy (non-hydrogen) atoms. The number of carbonyl (C=O) groups excluding carboxylic acids is 1. The Morgan fingerprint density at radius 1 is 1.59 bits per heavy atom. The van der Waals surface area contributed by atoms with Crippen LogP contribution in [-0.2, 0) is 4.79 Å². The van der Waals surface area contributed by atoms with Gasteiger partial charge in [-0.2, -0.15) is 0 Å². The number of hydrogen-bond acceptors (Lipinski definition) is 6. The smallest absolute Gasteiger partial charge is 0.335 e. The minimum Gasteiger partial charge on any atom is -0.500 e. The molecular weight excluding hydrogens is 230 g/mol. The molecule has 0 saturated carbocycles. The van der Waals surface area contributed by atoms with Gasteiger partial charge in [-0.1, -0.05) is 6.58 Å². The van der Waals surface area contributed by atoms with E-state index in [2.05, 4.69) is 6.58 Å². The van der Waals surface area contributed by atoms with Gasteiger partial charge in [0.1, 0.15) is 5.75 Å². The molecule has 0 saturated heterocycles. The molecule has 1 N–H and O–H groups in total. The molecule has 0 bridgehead atoms. The Bertz CT molecular complexity index is 482. The molecule has 0 fully saturated rings. The maximum absolute atomic E-state index is 10.9. The number of methoxy groups -OCH3 is 1. The maximum Gasteiger partial charge on any atom is 0.335 e. The Morgan fingerprint density at radius 2 is 2.24 bits per heavy atom. The lowest BCUT2D eigenvalue weighted by molar-refractivity contribution is -0.386. The molecule has 1 aromatic rings. The number of phenolic OH excluding ortho intramolecular Hbond substituents is 1. The minimum absolute atomic E-state index is 0.115. The number of phenols is 1. The molecule has 1 aromatic carbocycles. The van der Waals surface area contributed by atoms with Crippen LogP contribution in [0, 0.1) is 10.1 Å². The van der Waals surface area contributed by atoms with E-state index >= 15 is 0 Å². The predicted octanol–water partition coefficient (Wildman–Crippen LogP) is 1.40. The van der Waals surface area contributed by atoms with Crippen LogP contribution in [0.5, 0.6) is 17.2 Å². The average molecular weight is 239 g/mol. The zero-order valence-electron chi connectivity index (χ0n) is 8.87. The van der Waals surface area contributed by atoms with Crippen LogP contribution in [0.3, 0.4) is 0 Å². The van der Waals surface area contributed by atoms with Gasteiger partial charge in [-0.05, 0) is 0 Å². The Morgan fingerprint density at radius 3 is 2.71 bits per heavy atom. The minimum atomic E-state index is -0.816. The third-order valence-corrected chi connectivity index (χ3v) is 1.83. The first-order valence-corrected chi connectivity index (χ1v) is 4.39. The van der Waals surface area contributed by atoms with E-state index in [9.17, 15) is 20.0 Å². The summed E-state index contributed by atoms with van der Waals surface area (Å²) in [6.07, 6.45) is 0.908. The molecule has 0 spiro atoms. The van der Waals surface area contributed by atoms with E-state index in [0.29, 0.717) is 0 Å². The van der Waals surface area contributed by atoms with Crippen molar-refractivity contribution in [2.24, 2.45) is 0 Å². The van der Waals surface area contributed by atoms with E-state index in [1.807, 2.05) is 0 Å². The first-order valence-electron chi connectivity index (χ1n) is 4.39. The third kappa shape index (κ3) is 2.71. The first-order chi connectivity index (χ1) is 7.99. The van der Waals surface area contributed by atoms with Gasteiger partial charge in [0.05, 0.1) is 18.1 Å². The van der Waals surface area contributed by atoms with Crippen molar-refractivity contribution in [3.05, 3.63) is 34.9 Å². The van der Waals surface area contributed by atoms with Gasteiger partial charge in [0.15, 0.2) is 5.75 Å². The number of rotatable bonds is 4. The monoisotopic (exact) mass is 239 g/mol. The molecule has 90 valence electrons. The number of esters is 1. The Kier molecular flexibility index (Phi) is 3.66. The lowest BCUT2D eigenvalue weighted by atomic mass is 10.2. The van der Waals surface area contributed by atoms with Crippen LogP contribution in [0.2, 0.25) is 0 Å². The highest BCUT2D eigenvalue weighted by Gasteiger charge is 2.21. The molecule has 0 aliphatic rings. The summed E-state index contributed by atoms with van der Waals surface area (Å²) in [5.74, 6) is -1.68. The summed E-state index contributed by atoms with van der Waals surface area (Å²) in [6.45, 7) is 3.19. The first kappa shape index (κ1) is 12.5. The van der Waals surface area contributed by atoms with E-state index in [4.69, 9.17) is 9.47 Å². The summed E-state index contributed by atoms with van der Waals surface area (Å²) in [6, 6.07) is 2.07. The number of carbonyl (C=O) groups is 1. The predicted molar refractivity (Wildman–Crippen MR) is 57.1 cm³/mol. The highest BCUT2D eigenvalue weighted by Crippen LogP contribution is 2.39. The number of nitro benzene ring substituents is 1. The van der Waals surface area contributed by atoms with Crippen LogP contribution >= 0.6 is 0 Å². The van der Waals surface area contributed by atoms with Crippen LogP contribution in [0.25, 0.3) is 0 Å². The molecule has 0 unspecified atom stereocenters. The Labute approximate surface area is 96.0 Å². The summed E-state index contributed by atoms with van der Waals surface area (Å²) >= 11 is 0. The molecule has 0 heterocycles. The molecule has 1 rings (SSSR count). The van der Waals surface area contributed by atoms with E-state index in [1.54, 1.807) is 0 Å². The molecule has 0 atom stereocenters. The Balaban J connectivity index is 3.24. The normalized spacial score (nSPS) is 9.47. The van der Waals surface area contributed by atoms with Crippen molar-refractivity contribution >= 4 is 11.7 Å². The highest BCUT2D eigenvalue weighted by atomic mass is 16.6. The van der Waals surface area contributed by atoms with Crippen LogP contribution < -0.4 is 9.47 Å². The van der Waals surface area contributed by atoms with Crippen LogP contribution in [0.1, 0.15) is 0 Å². The van der Waals surface area contributed by atoms with Gasteiger partial charge >= 0.3 is 11.7 Å². The fourth-order valence-corrected chi connectivity index (χ4v) is 1.08. The van der Waals surface area contributed by atoms with Crippen molar-refractivity contribution < 1.29 is 24.3 Å². The molecule has 7 heteroatoms. The summed E-state index contributed by atoms with van der Waals surface area (Å²) < 4.78 is 9.42. The highest BCUT2D eigenvalue weighted by molar-refractivity contribution is 5.83. The number of ether oxygens (including phenoxy) is 2. The number of aromatic hydroxyl groups is 1. The van der Waals surface area contributed by atoms with E-state index in [0.717, 1.165) is 18.2 Å². The summed E-state index contributed by atoms with van der Waals surface area (Å²) in [5, 5.41) is 20.1. The maximum atomic E-state index is 10.9. The van der Waals surface area contributed by atoms with Crippen molar-refractivity contribution in [1.82, 2.24) is 0 Å². The number of hydrogen-bond donors (Lipinski definition) is 1. The Hall–Kier alpha value is -2.57. The van der Waals surface area contributed by atoms with Gasteiger partial charge in [0.2, 0.25) is 5.75 Å². The van der Waals surface area contributed by atoms with Crippen molar-refractivity contribution in [3.63, 3.8) is 0 Å². The zero-order valence-corrected chi connectivity index (χ0v) is 8.87. The summed E-state index contributed by atoms with van der Waals surface area (Å²) in [7, 11) is 1.22. The van der Waals surface area contributed by atoms with Gasteiger partial charge in [-0.25, -0.2) is 4.79 Å². The molecular formula is C10H9NO6. The van der Waals surface area contributed by atoms with Crippen molar-refractivity contribution in [2.45, 2.75) is 0 Å². The molecule has 0 aromatic heterocycles. The zero-order chi connectivity index (χ0) is 13.0. The second-order valence-corrected chi connectivity index (χ2v) is 2.88. The van der Waals surface area contributed by atoms with E-state index in [1.165, 1.54) is 7.11 Å². The largest absolute Gasteiger partial charge is 0.500 e. The number of benzene rings is 1. The molecule has 0 amide bonds. The summed E-state index contributed by atoms with van der Waals surface area (Å²) in [5.41, 5.74) is -0.615. The fraction of sp³-hybridized carbons (Fsp3) is 0.100. The van der Waals surface area contributed by atoms with Crippen molar-refractivity contribution in [2.75, 3.05) is 7.11 Å². The van der Waals surface area contributed by atoms with Crippen LogP contribution in [-0.4, -0.2) is 23.1 Å². The fourth-order valence-electron chi connectivity index (χ4n) is 1.08. The molecule has 7 nitrogen and oxygen atoms in total. The summed E-state index contributed by atoms with van der Waals surface area (Å²) in [4.78, 5) is 20.7. The van der Waals surface area contributed by atoms with E-state index < -0.39 is 22.3 Å². The standard InChI is InChI=1S/C10H9NO6/c1-3-9(12)17-6-4-7(11(14)15)10(13)8(5-6)16-2/h3-5,13H,1H2,2H3. The van der Waals surface area contributed by atoms with Crippen molar-refractivity contribution in [1.29, 1.82) is 0 Å². The SMILES string of the molecule is C=CC(=O)Oc1cc(OC)c(O)c([N+](=O)[O-])c1. The second-order valence-electron chi connectivity index (χ2n) is 2.88. The van der Waals surface area contributed by atoms with E-state index in [-0.39, 0.29) is 11.5 Å². The number of nitro groups is 1. The van der Waals surface area contributed by atoms with Crippen LogP contribution in [0.15, 0.2) is 24.8 Å². The molecule has 0 radical (unpaired) electrons. The van der Waals surface area contributed by atoms with Crippen LogP contribution in [0.4, 0.5) is 5.69 Å². The van der Waals surface area contributed by atoms with Gasteiger partial charge < -0.3 is 14.6 Å². The average Bonchev–Trinajstić information content (AvgIpc) is 2.30. The topological polar surface area (TPSA) is 98.9 Å². The third-order valence-electron chi connectivity index (χ3n) is 1.83. The lowest BCUT2D eigenvalue weighted by Gasteiger charge is -2.06. The molecule has 0 aliphatic carbocycles.